The summed E-state index contributed by atoms with van der Waals surface area (Å²) in [6.45, 7) is 10.6. The molecule has 4 bridgehead atoms. The lowest BCUT2D eigenvalue weighted by molar-refractivity contribution is -0.162. The number of methoxy groups -OCH3 is 2. The first kappa shape index (κ1) is 54.0. The molecule has 0 saturated carbocycles. The van der Waals surface area contributed by atoms with E-state index in [0.717, 1.165) is 11.1 Å². The molecule has 2 fully saturated rings. The van der Waals surface area contributed by atoms with Gasteiger partial charge in [0.1, 0.15) is 40.7 Å². The Morgan fingerprint density at radius 3 is 2.52 bits per heavy atom. The third-order valence-electron chi connectivity index (χ3n) is 12.0. The number of nitrogens with zero attached hydrogens (tertiary/aromatic N) is 2. The lowest BCUT2D eigenvalue weighted by atomic mass is 9.83. The molecule has 9 atom stereocenters. The van der Waals surface area contributed by atoms with Crippen LogP contribution in [0.25, 0.3) is 0 Å². The molecule has 4 amide bonds. The van der Waals surface area contributed by atoms with Crippen LogP contribution in [0.3, 0.4) is 0 Å². The predicted molar refractivity (Wildman–Crippen MR) is 247 cm³/mol. The van der Waals surface area contributed by atoms with Gasteiger partial charge in [-0.15, -0.1) is 0 Å². The Labute approximate surface area is 393 Å². The van der Waals surface area contributed by atoms with E-state index in [2.05, 4.69) is 5.32 Å². The molecule has 0 aliphatic carbocycles. The van der Waals surface area contributed by atoms with Gasteiger partial charge < -0.3 is 38.6 Å². The summed E-state index contributed by atoms with van der Waals surface area (Å²) in [5, 5.41) is 12.8. The summed E-state index contributed by atoms with van der Waals surface area (Å²) in [7, 11) is 3.82. The van der Waals surface area contributed by atoms with E-state index in [-0.39, 0.29) is 42.4 Å². The van der Waals surface area contributed by atoms with Gasteiger partial charge in [0.25, 0.3) is 16.0 Å². The summed E-state index contributed by atoms with van der Waals surface area (Å²) in [6.07, 6.45) is 0.559. The number of hydrazine groups is 1. The minimum Gasteiger partial charge on any atom is -0.495 e. The molecule has 1 aromatic carbocycles. The number of fused-ring (bicyclic) bond motifs is 5. The molecule has 2 saturated heterocycles. The van der Waals surface area contributed by atoms with Gasteiger partial charge in [0, 0.05) is 50.5 Å². The number of anilines is 1. The number of allylic oxidation sites excluding steroid dienone is 3. The molecule has 4 rings (SSSR count). The normalized spacial score (nSPS) is 28.6. The largest absolute Gasteiger partial charge is 0.495 e. The van der Waals surface area contributed by atoms with E-state index in [0.29, 0.717) is 24.3 Å². The number of hydrogen-bond acceptors (Lipinski definition) is 16. The average molecular weight is 993 g/mol. The van der Waals surface area contributed by atoms with Crippen LogP contribution in [-0.2, 0) is 54.7 Å². The van der Waals surface area contributed by atoms with E-state index in [1.165, 1.54) is 59.6 Å². The first-order valence-electron chi connectivity index (χ1n) is 20.8. The maximum Gasteiger partial charge on any atom is 0.409 e. The SMILES string of the molecule is COc1cc2cc(c1Cl)N(C)C(=O)CC(OC(=O)C(C)N(C)C(=O)CCC(C)(C)SSCCC(C(=O)NN)S(=O)(=O)O)C1(C)OC1C(C)C1CC(O)(NC(=O)O1)C(OC)/C=C/C=C(\C)C2. The molecule has 0 aromatic heterocycles. The molecule has 0 radical (unpaired) electrons. The van der Waals surface area contributed by atoms with Crippen LogP contribution in [0, 0.1) is 5.92 Å². The molecule has 3 heterocycles. The van der Waals surface area contributed by atoms with Gasteiger partial charge in [0.05, 0.1) is 25.3 Å². The highest BCUT2D eigenvalue weighted by molar-refractivity contribution is 8.77. The molecule has 3 aliphatic heterocycles. The summed E-state index contributed by atoms with van der Waals surface area (Å²) >= 11 is 6.79. The van der Waals surface area contributed by atoms with Gasteiger partial charge in [0.15, 0.2) is 11.0 Å². The van der Waals surface area contributed by atoms with Gasteiger partial charge in [-0.3, -0.25) is 29.7 Å². The molecule has 364 valence electrons. The molecule has 9 unspecified atom stereocenters. The van der Waals surface area contributed by atoms with Crippen molar-refractivity contribution in [3.63, 3.8) is 0 Å². The van der Waals surface area contributed by atoms with E-state index >= 15 is 0 Å². The Balaban J connectivity index is 1.57. The summed E-state index contributed by atoms with van der Waals surface area (Å²) in [6, 6.07) is 2.41. The number of rotatable bonds is 15. The average Bonchev–Trinajstić information content (AvgIpc) is 3.93. The van der Waals surface area contributed by atoms with E-state index in [4.69, 9.17) is 41.1 Å². The number of esters is 1. The summed E-state index contributed by atoms with van der Waals surface area (Å²) < 4.78 is 61.5. The fraction of sp³-hybridized carbons (Fsp3) is 0.643. The number of ether oxygens (including phenoxy) is 5. The molecule has 1 aromatic rings. The number of likely N-dealkylation sites (N-methyl/N-ethyl adjacent to an activating group) is 1. The number of benzene rings is 1. The number of alkyl carbamates (subject to hydrolysis) is 1. The second-order valence-corrected chi connectivity index (χ2v) is 22.5. The van der Waals surface area contributed by atoms with Crippen LogP contribution in [0.4, 0.5) is 10.5 Å². The lowest BCUT2D eigenvalue weighted by Gasteiger charge is -2.42. The van der Waals surface area contributed by atoms with Gasteiger partial charge >= 0.3 is 12.1 Å². The lowest BCUT2D eigenvalue weighted by Crippen LogP contribution is -2.63. The fourth-order valence-corrected chi connectivity index (χ4v) is 11.6. The van der Waals surface area contributed by atoms with Crippen LogP contribution < -0.4 is 26.2 Å². The number of nitrogens with one attached hydrogen (secondary N) is 2. The molecule has 23 heteroatoms. The maximum absolute atomic E-state index is 14.3. The fourth-order valence-electron chi connectivity index (χ4n) is 7.71. The van der Waals surface area contributed by atoms with Crippen LogP contribution in [-0.4, -0.2) is 139 Å². The minimum atomic E-state index is -4.67. The van der Waals surface area contributed by atoms with Crippen molar-refractivity contribution >= 4 is 78.8 Å². The van der Waals surface area contributed by atoms with Crippen LogP contribution in [0.1, 0.15) is 79.2 Å². The van der Waals surface area contributed by atoms with E-state index in [1.54, 1.807) is 50.6 Å². The smallest absolute Gasteiger partial charge is 0.409 e. The van der Waals surface area contributed by atoms with Gasteiger partial charge in [-0.2, -0.15) is 8.42 Å². The van der Waals surface area contributed by atoms with Crippen molar-refractivity contribution in [1.82, 2.24) is 15.6 Å². The molecular weight excluding hydrogens is 930 g/mol. The van der Waals surface area contributed by atoms with Crippen molar-refractivity contribution < 1.29 is 65.7 Å². The first-order valence-corrected chi connectivity index (χ1v) is 25.0. The summed E-state index contributed by atoms with van der Waals surface area (Å²) in [5.74, 6) is 2.25. The zero-order valence-electron chi connectivity index (χ0n) is 38.2. The molecule has 65 heavy (non-hydrogen) atoms. The number of carbonyl (C=O) groups excluding carboxylic acids is 5. The van der Waals surface area contributed by atoms with Crippen LogP contribution in [0.15, 0.2) is 35.9 Å². The van der Waals surface area contributed by atoms with Crippen molar-refractivity contribution in [2.45, 2.75) is 132 Å². The molecular formula is C42H62ClN5O14S3. The summed E-state index contributed by atoms with van der Waals surface area (Å²) in [5.41, 5.74) is 0.565. The second-order valence-electron chi connectivity index (χ2n) is 17.4. The Hall–Kier alpha value is -3.61. The van der Waals surface area contributed by atoms with Crippen molar-refractivity contribution in [3.8, 4) is 5.75 Å². The third-order valence-corrected chi connectivity index (χ3v) is 16.9. The molecule has 3 aliphatic rings. The summed E-state index contributed by atoms with van der Waals surface area (Å²) in [4.78, 5) is 69.2. The van der Waals surface area contributed by atoms with E-state index in [9.17, 15) is 42.0 Å². The zero-order valence-corrected chi connectivity index (χ0v) is 41.5. The topological polar surface area (TPSA) is 266 Å². The second kappa shape index (κ2) is 22.0. The van der Waals surface area contributed by atoms with Crippen molar-refractivity contribution in [1.29, 1.82) is 0 Å². The molecule has 19 nitrogen and oxygen atoms in total. The number of nitrogens with two attached hydrogens (primary N) is 1. The van der Waals surface area contributed by atoms with Crippen LogP contribution >= 0.6 is 33.2 Å². The van der Waals surface area contributed by atoms with Gasteiger partial charge in [-0.05, 0) is 71.6 Å². The quantitative estimate of drug-likeness (QED) is 0.0242. The Bertz CT molecular complexity index is 2130. The Morgan fingerprint density at radius 2 is 1.91 bits per heavy atom. The number of carbonyl (C=O) groups is 5. The van der Waals surface area contributed by atoms with Crippen LogP contribution in [0.2, 0.25) is 5.02 Å². The van der Waals surface area contributed by atoms with E-state index in [1.807, 2.05) is 26.8 Å². The number of epoxide rings is 1. The van der Waals surface area contributed by atoms with E-state index < -0.39 is 91.7 Å². The number of hydrogen-bond donors (Lipinski definition) is 5. The highest BCUT2D eigenvalue weighted by Crippen LogP contribution is 2.49. The van der Waals surface area contributed by atoms with Gasteiger partial charge in [-0.25, -0.2) is 15.4 Å². The number of halogens is 1. The predicted octanol–water partition coefficient (Wildman–Crippen LogP) is 4.09. The van der Waals surface area contributed by atoms with Gasteiger partial charge in [-0.1, -0.05) is 63.9 Å². The number of amides is 4. The highest BCUT2D eigenvalue weighted by atomic mass is 35.5. The minimum absolute atomic E-state index is 0.0185. The Morgan fingerprint density at radius 1 is 1.23 bits per heavy atom. The highest BCUT2D eigenvalue weighted by Gasteiger charge is 2.64. The number of aliphatic hydroxyl groups is 1. The van der Waals surface area contributed by atoms with Gasteiger partial charge in [0.2, 0.25) is 11.8 Å². The van der Waals surface area contributed by atoms with Crippen molar-refractivity contribution in [2.24, 2.45) is 11.8 Å². The third kappa shape index (κ3) is 13.5. The van der Waals surface area contributed by atoms with Crippen molar-refractivity contribution in [2.75, 3.05) is 39.0 Å². The standard InChI is InChI=1S/C42H62ClN5O14S3/c1-23-12-11-13-31(59-10)42(54)22-29(60-39(53)45-42)24(2)36-41(6,62-36)32(21-34(50)48(8)27-19-26(18-23)20-28(58-9)35(27)43)61-38(52)25(3)47(7)33(49)14-16-40(4,5)64-63-17-15-30(37(51)46-44)65(55,56)57/h11-13,19-20,24-25,29-32,36,54H,14-18,21-22,44H2,1-10H3,(H,45,53)(H,46,51)(H,55,56,57)/b13-11+,23-12+. The Kier molecular flexibility index (Phi) is 18.3. The van der Waals surface area contributed by atoms with Crippen LogP contribution in [0.5, 0.6) is 5.75 Å². The maximum atomic E-state index is 14.3. The van der Waals surface area contributed by atoms with Crippen molar-refractivity contribution in [3.05, 3.63) is 46.5 Å². The molecule has 6 N–H and O–H groups in total. The molecule has 0 spiro atoms. The zero-order chi connectivity index (χ0) is 48.8. The monoisotopic (exact) mass is 991 g/mol. The first-order chi connectivity index (χ1) is 30.2.